The summed E-state index contributed by atoms with van der Waals surface area (Å²) in [5.41, 5.74) is 1.37. The summed E-state index contributed by atoms with van der Waals surface area (Å²) in [5.74, 6) is 1.24. The van der Waals surface area contributed by atoms with Gasteiger partial charge in [0.05, 0.1) is 12.5 Å². The normalized spacial score (nSPS) is 14.0. The van der Waals surface area contributed by atoms with E-state index in [0.29, 0.717) is 49.3 Å². The maximum atomic E-state index is 12.4. The molecule has 1 fully saturated rings. The summed E-state index contributed by atoms with van der Waals surface area (Å²) in [5, 5.41) is 11.3. The second-order valence-corrected chi connectivity index (χ2v) is 6.66. The Bertz CT molecular complexity index is 1010. The molecule has 29 heavy (non-hydrogen) atoms. The van der Waals surface area contributed by atoms with E-state index in [4.69, 9.17) is 4.42 Å². The molecule has 4 rings (SSSR count). The van der Waals surface area contributed by atoms with Crippen molar-refractivity contribution in [1.82, 2.24) is 20.1 Å². The Hall–Kier alpha value is -3.75. The van der Waals surface area contributed by atoms with Crippen LogP contribution in [0.25, 0.3) is 0 Å². The van der Waals surface area contributed by atoms with E-state index in [2.05, 4.69) is 20.5 Å². The van der Waals surface area contributed by atoms with Crippen molar-refractivity contribution in [3.05, 3.63) is 60.2 Å². The van der Waals surface area contributed by atoms with Gasteiger partial charge in [0, 0.05) is 37.4 Å². The smallest absolute Gasteiger partial charge is 0.289 e. The molecule has 1 aromatic carbocycles. The molecule has 3 heterocycles. The topological polar surface area (TPSA) is 104 Å². The monoisotopic (exact) mass is 392 g/mol. The molecular formula is C20H20N6O3. The Morgan fingerprint density at radius 3 is 2.66 bits per heavy atom. The lowest BCUT2D eigenvalue weighted by Gasteiger charge is -2.34. The summed E-state index contributed by atoms with van der Waals surface area (Å²) >= 11 is 0. The number of ketones is 1. The summed E-state index contributed by atoms with van der Waals surface area (Å²) in [6.07, 6.45) is 3.02. The van der Waals surface area contributed by atoms with Crippen molar-refractivity contribution >= 4 is 29.1 Å². The number of aromatic nitrogens is 3. The fourth-order valence-corrected chi connectivity index (χ4v) is 3.12. The molecule has 0 bridgehead atoms. The molecule has 1 amide bonds. The van der Waals surface area contributed by atoms with Crippen LogP contribution in [0.4, 0.5) is 17.5 Å². The van der Waals surface area contributed by atoms with Crippen molar-refractivity contribution in [2.24, 2.45) is 0 Å². The third kappa shape index (κ3) is 4.23. The number of nitrogens with one attached hydrogen (secondary N) is 1. The van der Waals surface area contributed by atoms with E-state index >= 15 is 0 Å². The molecule has 1 aliphatic heterocycles. The fraction of sp³-hybridized carbons (Fsp3) is 0.250. The van der Waals surface area contributed by atoms with Crippen LogP contribution >= 0.6 is 0 Å². The van der Waals surface area contributed by atoms with Gasteiger partial charge in [-0.2, -0.15) is 10.1 Å². The Balaban J connectivity index is 1.41. The highest BCUT2D eigenvalue weighted by Crippen LogP contribution is 2.19. The summed E-state index contributed by atoms with van der Waals surface area (Å²) in [6.45, 7) is 3.80. The first-order valence-electron chi connectivity index (χ1n) is 9.25. The molecule has 0 radical (unpaired) electrons. The zero-order valence-corrected chi connectivity index (χ0v) is 15.9. The number of benzene rings is 1. The van der Waals surface area contributed by atoms with Gasteiger partial charge in [0.1, 0.15) is 0 Å². The number of piperazine rings is 1. The van der Waals surface area contributed by atoms with Crippen LogP contribution in [-0.4, -0.2) is 58.0 Å². The van der Waals surface area contributed by atoms with E-state index in [-0.39, 0.29) is 11.7 Å². The van der Waals surface area contributed by atoms with Gasteiger partial charge in [0.15, 0.2) is 17.4 Å². The van der Waals surface area contributed by atoms with Gasteiger partial charge in [-0.25, -0.2) is 0 Å². The molecule has 1 N–H and O–H groups in total. The summed E-state index contributed by atoms with van der Waals surface area (Å²) in [4.78, 5) is 32.2. The highest BCUT2D eigenvalue weighted by molar-refractivity contribution is 5.95. The molecule has 9 nitrogen and oxygen atoms in total. The van der Waals surface area contributed by atoms with Gasteiger partial charge in [-0.3, -0.25) is 9.59 Å². The van der Waals surface area contributed by atoms with Crippen molar-refractivity contribution in [2.45, 2.75) is 6.92 Å². The molecular weight excluding hydrogens is 372 g/mol. The molecule has 0 spiro atoms. The minimum atomic E-state index is -0.116. The Labute approximate surface area is 167 Å². The molecule has 0 saturated carbocycles. The van der Waals surface area contributed by atoms with Crippen LogP contribution in [-0.2, 0) is 0 Å². The second-order valence-electron chi connectivity index (χ2n) is 6.66. The van der Waals surface area contributed by atoms with Crippen LogP contribution in [0.5, 0.6) is 0 Å². The van der Waals surface area contributed by atoms with Crippen LogP contribution in [0.15, 0.2) is 53.3 Å². The Kier molecular flexibility index (Phi) is 5.19. The largest absolute Gasteiger partial charge is 0.459 e. The summed E-state index contributed by atoms with van der Waals surface area (Å²) in [7, 11) is 0. The fourth-order valence-electron chi connectivity index (χ4n) is 3.12. The SMILES string of the molecule is CC(=O)c1cccc(Nc2cnnc(N3CCN(C(=O)c4ccco4)CC3)n2)c1. The summed E-state index contributed by atoms with van der Waals surface area (Å²) in [6, 6.07) is 10.6. The van der Waals surface area contributed by atoms with E-state index in [9.17, 15) is 9.59 Å². The van der Waals surface area contributed by atoms with Gasteiger partial charge in [-0.15, -0.1) is 5.10 Å². The molecule has 1 saturated heterocycles. The van der Waals surface area contributed by atoms with Gasteiger partial charge in [0.2, 0.25) is 5.95 Å². The third-order valence-electron chi connectivity index (χ3n) is 4.67. The lowest BCUT2D eigenvalue weighted by atomic mass is 10.1. The van der Waals surface area contributed by atoms with Gasteiger partial charge in [0.25, 0.3) is 5.91 Å². The number of Topliss-reactive ketones (excluding diaryl/α,β-unsaturated/α-hetero) is 1. The van der Waals surface area contributed by atoms with Gasteiger partial charge >= 0.3 is 0 Å². The number of carbonyl (C=O) groups is 2. The number of rotatable bonds is 5. The van der Waals surface area contributed by atoms with Gasteiger partial charge in [-0.05, 0) is 31.2 Å². The van der Waals surface area contributed by atoms with E-state index in [1.54, 1.807) is 29.2 Å². The maximum absolute atomic E-state index is 12.4. The number of hydrogen-bond acceptors (Lipinski definition) is 8. The lowest BCUT2D eigenvalue weighted by Crippen LogP contribution is -2.49. The van der Waals surface area contributed by atoms with E-state index < -0.39 is 0 Å². The number of furan rings is 1. The number of carbonyl (C=O) groups excluding carboxylic acids is 2. The Morgan fingerprint density at radius 2 is 1.93 bits per heavy atom. The molecule has 0 atom stereocenters. The molecule has 0 aliphatic carbocycles. The number of amides is 1. The second kappa shape index (κ2) is 8.09. The van der Waals surface area contributed by atoms with Crippen molar-refractivity contribution < 1.29 is 14.0 Å². The Morgan fingerprint density at radius 1 is 1.10 bits per heavy atom. The van der Waals surface area contributed by atoms with E-state index in [1.165, 1.54) is 19.4 Å². The third-order valence-corrected chi connectivity index (χ3v) is 4.67. The molecule has 2 aromatic heterocycles. The summed E-state index contributed by atoms with van der Waals surface area (Å²) < 4.78 is 5.19. The molecule has 148 valence electrons. The molecule has 9 heteroatoms. The van der Waals surface area contributed by atoms with Crippen LogP contribution in [0.1, 0.15) is 27.8 Å². The van der Waals surface area contributed by atoms with Crippen LogP contribution in [0.2, 0.25) is 0 Å². The zero-order valence-electron chi connectivity index (χ0n) is 15.9. The highest BCUT2D eigenvalue weighted by Gasteiger charge is 2.25. The average molecular weight is 392 g/mol. The molecule has 3 aromatic rings. The van der Waals surface area contributed by atoms with Crippen LogP contribution in [0, 0.1) is 0 Å². The minimum Gasteiger partial charge on any atom is -0.459 e. The standard InChI is InChI=1S/C20H20N6O3/c1-14(27)15-4-2-5-16(12-15)22-18-13-21-24-20(23-18)26-9-7-25(8-10-26)19(28)17-6-3-11-29-17/h2-6,11-13H,7-10H2,1H3,(H,22,23,24). The number of nitrogens with zero attached hydrogens (tertiary/aromatic N) is 5. The maximum Gasteiger partial charge on any atom is 0.289 e. The average Bonchev–Trinajstić information content (AvgIpc) is 3.29. The highest BCUT2D eigenvalue weighted by atomic mass is 16.3. The van der Waals surface area contributed by atoms with Crippen molar-refractivity contribution in [3.63, 3.8) is 0 Å². The first-order valence-corrected chi connectivity index (χ1v) is 9.25. The first-order chi connectivity index (χ1) is 14.1. The number of anilines is 3. The van der Waals surface area contributed by atoms with Crippen molar-refractivity contribution in [1.29, 1.82) is 0 Å². The van der Waals surface area contributed by atoms with Crippen LogP contribution < -0.4 is 10.2 Å². The van der Waals surface area contributed by atoms with Crippen molar-refractivity contribution in [3.8, 4) is 0 Å². The predicted octanol–water partition coefficient (Wildman–Crippen LogP) is 2.37. The van der Waals surface area contributed by atoms with E-state index in [1.807, 2.05) is 17.0 Å². The minimum absolute atomic E-state index is 0.00267. The van der Waals surface area contributed by atoms with Gasteiger partial charge in [-0.1, -0.05) is 12.1 Å². The van der Waals surface area contributed by atoms with Gasteiger partial charge < -0.3 is 19.5 Å². The zero-order chi connectivity index (χ0) is 20.2. The van der Waals surface area contributed by atoms with Crippen molar-refractivity contribution in [2.75, 3.05) is 36.4 Å². The molecule has 1 aliphatic rings. The van der Waals surface area contributed by atoms with Crippen LogP contribution in [0.3, 0.4) is 0 Å². The van der Waals surface area contributed by atoms with E-state index in [0.717, 1.165) is 5.69 Å². The quantitative estimate of drug-likeness (QED) is 0.660. The lowest BCUT2D eigenvalue weighted by molar-refractivity contribution is 0.0714. The molecule has 0 unspecified atom stereocenters. The number of hydrogen-bond donors (Lipinski definition) is 1. The predicted molar refractivity (Wildman–Crippen MR) is 106 cm³/mol. The first kappa shape index (κ1) is 18.6.